The summed E-state index contributed by atoms with van der Waals surface area (Å²) < 4.78 is 0. The minimum atomic E-state index is 0.338. The Bertz CT molecular complexity index is 158. The number of hydrogen-bond donors (Lipinski definition) is 0. The molecule has 0 spiro atoms. The molecule has 0 unspecified atom stereocenters. The molecule has 0 aromatic heterocycles. The van der Waals surface area contributed by atoms with Gasteiger partial charge in [-0.1, -0.05) is 39.0 Å². The van der Waals surface area contributed by atoms with E-state index in [1.165, 1.54) is 44.9 Å². The second-order valence-corrected chi connectivity index (χ2v) is 4.21. The van der Waals surface area contributed by atoms with E-state index in [-0.39, 0.29) is 0 Å². The lowest BCUT2D eigenvalue weighted by Crippen LogP contribution is -2.32. The molecule has 1 heterocycles. The smallest absolute Gasteiger partial charge is 0.222 e. The molecule has 0 aromatic rings. The van der Waals surface area contributed by atoms with Crippen molar-refractivity contribution in [3.63, 3.8) is 0 Å². The third-order valence-electron chi connectivity index (χ3n) is 3.01. The van der Waals surface area contributed by atoms with E-state index < -0.39 is 0 Å². The Morgan fingerprint density at radius 3 is 1.79 bits per heavy atom. The molecule has 2 nitrogen and oxygen atoms in total. The van der Waals surface area contributed by atoms with Gasteiger partial charge in [0.25, 0.3) is 0 Å². The van der Waals surface area contributed by atoms with Crippen LogP contribution in [0.25, 0.3) is 0 Å². The molecule has 0 aromatic carbocycles. The van der Waals surface area contributed by atoms with Gasteiger partial charge in [-0.15, -0.1) is 0 Å². The Kier molecular flexibility index (Phi) is 5.65. The Morgan fingerprint density at radius 2 is 1.36 bits per heavy atom. The fourth-order valence-electron chi connectivity index (χ4n) is 2.07. The van der Waals surface area contributed by atoms with Crippen molar-refractivity contribution in [1.82, 2.24) is 4.90 Å². The van der Waals surface area contributed by atoms with Crippen LogP contribution in [0.5, 0.6) is 0 Å². The molecule has 82 valence electrons. The molecule has 0 saturated carbocycles. The van der Waals surface area contributed by atoms with Gasteiger partial charge in [0.15, 0.2) is 0 Å². The van der Waals surface area contributed by atoms with Gasteiger partial charge in [-0.25, -0.2) is 0 Å². The van der Waals surface area contributed by atoms with Crippen LogP contribution in [0, 0.1) is 0 Å². The van der Waals surface area contributed by atoms with Gasteiger partial charge in [-0.05, 0) is 12.8 Å². The maximum absolute atomic E-state index is 11.6. The van der Waals surface area contributed by atoms with Crippen molar-refractivity contribution < 1.29 is 4.79 Å². The molecule has 1 aliphatic rings. The molecule has 0 atom stereocenters. The summed E-state index contributed by atoms with van der Waals surface area (Å²) in [5, 5.41) is 0. The molecule has 0 N–H and O–H groups in total. The molecular formula is C12H23NO. The monoisotopic (exact) mass is 197 g/mol. The topological polar surface area (TPSA) is 20.3 Å². The zero-order valence-corrected chi connectivity index (χ0v) is 9.43. The van der Waals surface area contributed by atoms with Crippen LogP contribution >= 0.6 is 0 Å². The summed E-state index contributed by atoms with van der Waals surface area (Å²) in [6.45, 7) is 3.94. The van der Waals surface area contributed by atoms with E-state index in [4.69, 9.17) is 0 Å². The summed E-state index contributed by atoms with van der Waals surface area (Å²) in [6.07, 6.45) is 9.77. The van der Waals surface area contributed by atoms with E-state index in [9.17, 15) is 4.79 Å². The minimum absolute atomic E-state index is 0.338. The summed E-state index contributed by atoms with van der Waals surface area (Å²) in [4.78, 5) is 13.6. The molecule has 1 amide bonds. The number of nitrogens with zero attached hydrogens (tertiary/aromatic N) is 1. The molecule has 1 fully saturated rings. The number of carbonyl (C=O) groups is 1. The lowest BCUT2D eigenvalue weighted by Gasteiger charge is -2.23. The minimum Gasteiger partial charge on any atom is -0.343 e. The standard InChI is InChI=1S/C12H23NO/c1-2-12(14)13-10-8-6-4-3-5-7-9-11-13/h2-11H2,1H3. The molecule has 1 aliphatic heterocycles. The third-order valence-corrected chi connectivity index (χ3v) is 3.01. The van der Waals surface area contributed by atoms with E-state index in [1.54, 1.807) is 0 Å². The van der Waals surface area contributed by atoms with Crippen LogP contribution in [-0.2, 0) is 4.79 Å². The first-order valence-corrected chi connectivity index (χ1v) is 6.12. The maximum atomic E-state index is 11.6. The van der Waals surface area contributed by atoms with Gasteiger partial charge in [0.05, 0.1) is 0 Å². The maximum Gasteiger partial charge on any atom is 0.222 e. The first kappa shape index (κ1) is 11.5. The molecule has 2 heteroatoms. The fraction of sp³-hybridized carbons (Fsp3) is 0.917. The van der Waals surface area contributed by atoms with Crippen LogP contribution in [0.15, 0.2) is 0 Å². The average Bonchev–Trinajstić information content (AvgIpc) is 2.24. The Balaban J connectivity index is 2.34. The lowest BCUT2D eigenvalue weighted by atomic mass is 10.1. The van der Waals surface area contributed by atoms with Gasteiger partial charge in [0.2, 0.25) is 5.91 Å². The molecule has 1 saturated heterocycles. The largest absolute Gasteiger partial charge is 0.343 e. The highest BCUT2D eigenvalue weighted by Crippen LogP contribution is 2.12. The van der Waals surface area contributed by atoms with Crippen molar-refractivity contribution in [2.75, 3.05) is 13.1 Å². The first-order valence-electron chi connectivity index (χ1n) is 6.12. The number of rotatable bonds is 1. The first-order chi connectivity index (χ1) is 6.84. The highest BCUT2D eigenvalue weighted by atomic mass is 16.2. The van der Waals surface area contributed by atoms with Gasteiger partial charge in [0, 0.05) is 19.5 Å². The fourth-order valence-corrected chi connectivity index (χ4v) is 2.07. The summed E-state index contributed by atoms with van der Waals surface area (Å²) >= 11 is 0. The summed E-state index contributed by atoms with van der Waals surface area (Å²) in [5.74, 6) is 0.338. The van der Waals surface area contributed by atoms with Crippen molar-refractivity contribution >= 4 is 5.91 Å². The van der Waals surface area contributed by atoms with Crippen LogP contribution in [0.3, 0.4) is 0 Å². The van der Waals surface area contributed by atoms with E-state index in [1.807, 2.05) is 6.92 Å². The van der Waals surface area contributed by atoms with Crippen LogP contribution < -0.4 is 0 Å². The van der Waals surface area contributed by atoms with Gasteiger partial charge in [-0.2, -0.15) is 0 Å². The van der Waals surface area contributed by atoms with Gasteiger partial charge < -0.3 is 4.90 Å². The average molecular weight is 197 g/mol. The van der Waals surface area contributed by atoms with Crippen LogP contribution in [0.4, 0.5) is 0 Å². The SMILES string of the molecule is CCC(=O)N1CCCCCCCCC1. The van der Waals surface area contributed by atoms with Crippen molar-refractivity contribution in [2.45, 2.75) is 58.3 Å². The third kappa shape index (κ3) is 4.12. The van der Waals surface area contributed by atoms with Crippen LogP contribution in [0.1, 0.15) is 58.3 Å². The Morgan fingerprint density at radius 1 is 0.929 bits per heavy atom. The van der Waals surface area contributed by atoms with E-state index in [0.717, 1.165) is 13.1 Å². The van der Waals surface area contributed by atoms with Crippen LogP contribution in [-0.4, -0.2) is 23.9 Å². The zero-order chi connectivity index (χ0) is 10.2. The van der Waals surface area contributed by atoms with Gasteiger partial charge >= 0.3 is 0 Å². The van der Waals surface area contributed by atoms with Gasteiger partial charge in [-0.3, -0.25) is 4.79 Å². The van der Waals surface area contributed by atoms with Crippen molar-refractivity contribution in [3.05, 3.63) is 0 Å². The van der Waals surface area contributed by atoms with E-state index in [2.05, 4.69) is 4.90 Å². The van der Waals surface area contributed by atoms with Crippen molar-refractivity contribution in [1.29, 1.82) is 0 Å². The summed E-state index contributed by atoms with van der Waals surface area (Å²) in [5.41, 5.74) is 0. The molecule has 1 rings (SSSR count). The molecule has 0 radical (unpaired) electrons. The predicted octanol–water partition coefficient (Wildman–Crippen LogP) is 2.97. The number of amides is 1. The molecule has 0 aliphatic carbocycles. The van der Waals surface area contributed by atoms with E-state index in [0.29, 0.717) is 12.3 Å². The second-order valence-electron chi connectivity index (χ2n) is 4.21. The van der Waals surface area contributed by atoms with E-state index >= 15 is 0 Å². The van der Waals surface area contributed by atoms with Crippen molar-refractivity contribution in [3.8, 4) is 0 Å². The number of carbonyl (C=O) groups excluding carboxylic acids is 1. The van der Waals surface area contributed by atoms with Gasteiger partial charge in [0.1, 0.15) is 0 Å². The predicted molar refractivity (Wildman–Crippen MR) is 59.2 cm³/mol. The Labute approximate surface area is 87.7 Å². The Hall–Kier alpha value is -0.530. The highest BCUT2D eigenvalue weighted by Gasteiger charge is 2.11. The molecule has 0 bridgehead atoms. The highest BCUT2D eigenvalue weighted by molar-refractivity contribution is 5.75. The quantitative estimate of drug-likeness (QED) is 0.633. The van der Waals surface area contributed by atoms with Crippen LogP contribution in [0.2, 0.25) is 0 Å². The summed E-state index contributed by atoms with van der Waals surface area (Å²) in [7, 11) is 0. The van der Waals surface area contributed by atoms with Crippen molar-refractivity contribution in [2.24, 2.45) is 0 Å². The second kappa shape index (κ2) is 6.86. The molecular weight excluding hydrogens is 174 g/mol. The summed E-state index contributed by atoms with van der Waals surface area (Å²) in [6, 6.07) is 0. The number of hydrogen-bond acceptors (Lipinski definition) is 1. The zero-order valence-electron chi connectivity index (χ0n) is 9.43. The molecule has 14 heavy (non-hydrogen) atoms. The normalized spacial score (nSPS) is 20.5. The lowest BCUT2D eigenvalue weighted by molar-refractivity contribution is -0.131.